The Morgan fingerprint density at radius 2 is 2.03 bits per heavy atom. The van der Waals surface area contributed by atoms with Gasteiger partial charge in [-0.2, -0.15) is 13.2 Å². The highest BCUT2D eigenvalue weighted by molar-refractivity contribution is 5.97. The molecule has 0 spiro atoms. The summed E-state index contributed by atoms with van der Waals surface area (Å²) in [4.78, 5) is 30.3. The van der Waals surface area contributed by atoms with Gasteiger partial charge in [0.1, 0.15) is 18.1 Å². The molecule has 31 heavy (non-hydrogen) atoms. The summed E-state index contributed by atoms with van der Waals surface area (Å²) in [7, 11) is 0. The molecule has 0 saturated carbocycles. The molecule has 2 aliphatic heterocycles. The van der Waals surface area contributed by atoms with Gasteiger partial charge >= 0.3 is 12.1 Å². The van der Waals surface area contributed by atoms with Crippen LogP contribution in [0.1, 0.15) is 29.3 Å². The van der Waals surface area contributed by atoms with Crippen molar-refractivity contribution in [1.29, 1.82) is 0 Å². The zero-order chi connectivity index (χ0) is 22.0. The van der Waals surface area contributed by atoms with Gasteiger partial charge in [0.15, 0.2) is 0 Å². The number of oxazole rings is 1. The van der Waals surface area contributed by atoms with Crippen LogP contribution in [0.3, 0.4) is 0 Å². The lowest BCUT2D eigenvalue weighted by Crippen LogP contribution is -2.44. The zero-order valence-electron chi connectivity index (χ0n) is 16.5. The van der Waals surface area contributed by atoms with Gasteiger partial charge in [0.05, 0.1) is 12.6 Å². The van der Waals surface area contributed by atoms with Crippen LogP contribution >= 0.6 is 0 Å². The van der Waals surface area contributed by atoms with Gasteiger partial charge in [-0.3, -0.25) is 9.59 Å². The molecule has 1 saturated heterocycles. The Morgan fingerprint density at radius 3 is 2.84 bits per heavy atom. The summed E-state index contributed by atoms with van der Waals surface area (Å²) < 4.78 is 50.1. The van der Waals surface area contributed by atoms with Crippen LogP contribution in [0, 0.1) is 0 Å². The number of nitrogens with one attached hydrogen (secondary N) is 2. The summed E-state index contributed by atoms with van der Waals surface area (Å²) in [6, 6.07) is 6.20. The van der Waals surface area contributed by atoms with E-state index in [4.69, 9.17) is 9.15 Å². The van der Waals surface area contributed by atoms with Crippen LogP contribution in [0.2, 0.25) is 0 Å². The van der Waals surface area contributed by atoms with E-state index in [1.54, 1.807) is 17.0 Å². The molecule has 1 aromatic heterocycles. The maximum atomic E-state index is 13.2. The monoisotopic (exact) mass is 438 g/mol. The lowest BCUT2D eigenvalue weighted by atomic mass is 10.1. The highest BCUT2D eigenvalue weighted by Gasteiger charge is 2.40. The van der Waals surface area contributed by atoms with E-state index >= 15 is 0 Å². The number of carbonyl (C=O) groups is 2. The lowest BCUT2D eigenvalue weighted by Gasteiger charge is -2.25. The van der Waals surface area contributed by atoms with E-state index in [0.717, 1.165) is 12.8 Å². The maximum Gasteiger partial charge on any atom is 0.468 e. The van der Waals surface area contributed by atoms with E-state index in [0.29, 0.717) is 12.3 Å². The Bertz CT molecular complexity index is 976. The normalized spacial score (nSPS) is 20.6. The first-order valence-electron chi connectivity index (χ1n) is 9.92. The second kappa shape index (κ2) is 8.58. The first kappa shape index (κ1) is 21.2. The summed E-state index contributed by atoms with van der Waals surface area (Å²) in [5.41, 5.74) is 0.0412. The fraction of sp³-hybridized carbons (Fsp3) is 0.450. The van der Waals surface area contributed by atoms with E-state index in [-0.39, 0.29) is 49.4 Å². The third-order valence-corrected chi connectivity index (χ3v) is 5.19. The lowest BCUT2D eigenvalue weighted by molar-refractivity contribution is -0.157. The standard InChI is InChI=1S/C20H21F3N4O4/c21-20(22,23)19-26-16-12-3-1-5-14(9-12)30-11-13-4-2-8-27(13)15(28)10-24-6-7-25-18(29)17(16)31-19/h1,3,5,9,13,24H,2,4,6-8,10-11H2,(H,25,29)/t13-/m0/s1. The van der Waals surface area contributed by atoms with Crippen LogP contribution in [0.25, 0.3) is 11.3 Å². The quantitative estimate of drug-likeness (QED) is 0.654. The van der Waals surface area contributed by atoms with Crippen molar-refractivity contribution < 1.29 is 31.9 Å². The predicted molar refractivity (Wildman–Crippen MR) is 102 cm³/mol. The molecule has 0 aliphatic carbocycles. The van der Waals surface area contributed by atoms with Crippen molar-refractivity contribution in [3.05, 3.63) is 35.9 Å². The van der Waals surface area contributed by atoms with Crippen molar-refractivity contribution in [2.75, 3.05) is 32.8 Å². The average Bonchev–Trinajstić information content (AvgIpc) is 3.38. The molecule has 4 rings (SSSR count). The molecule has 1 fully saturated rings. The number of nitrogens with zero attached hydrogens (tertiary/aromatic N) is 2. The van der Waals surface area contributed by atoms with E-state index in [1.807, 2.05) is 0 Å². The van der Waals surface area contributed by atoms with Crippen molar-refractivity contribution in [3.63, 3.8) is 0 Å². The van der Waals surface area contributed by atoms with E-state index in [9.17, 15) is 22.8 Å². The number of rotatable bonds is 0. The van der Waals surface area contributed by atoms with Crippen LogP contribution < -0.4 is 15.4 Å². The molecule has 0 radical (unpaired) electrons. The predicted octanol–water partition coefficient (Wildman–Crippen LogP) is 2.06. The van der Waals surface area contributed by atoms with Crippen molar-refractivity contribution in [1.82, 2.24) is 20.5 Å². The molecule has 11 heteroatoms. The summed E-state index contributed by atoms with van der Waals surface area (Å²) in [6.07, 6.45) is -3.16. The largest absolute Gasteiger partial charge is 0.491 e. The van der Waals surface area contributed by atoms with Crippen molar-refractivity contribution >= 4 is 11.8 Å². The van der Waals surface area contributed by atoms with Crippen LogP contribution in [-0.2, 0) is 11.0 Å². The molecule has 2 bridgehead atoms. The molecule has 8 nitrogen and oxygen atoms in total. The topological polar surface area (TPSA) is 96.7 Å². The molecular formula is C20H21F3N4O4. The van der Waals surface area contributed by atoms with Crippen molar-refractivity contribution in [2.45, 2.75) is 25.1 Å². The second-order valence-electron chi connectivity index (χ2n) is 7.35. The average molecular weight is 438 g/mol. The molecule has 166 valence electrons. The summed E-state index contributed by atoms with van der Waals surface area (Å²) >= 11 is 0. The Balaban J connectivity index is 1.68. The maximum absolute atomic E-state index is 13.2. The Hall–Kier alpha value is -3.08. The molecule has 3 heterocycles. The van der Waals surface area contributed by atoms with Crippen LogP contribution in [0.5, 0.6) is 5.75 Å². The number of fused-ring (bicyclic) bond motifs is 5. The van der Waals surface area contributed by atoms with Gasteiger partial charge in [0.2, 0.25) is 11.7 Å². The fourth-order valence-electron chi connectivity index (χ4n) is 3.70. The van der Waals surface area contributed by atoms with Crippen LogP contribution in [0.15, 0.2) is 28.7 Å². The summed E-state index contributed by atoms with van der Waals surface area (Å²) in [5.74, 6) is -2.53. The zero-order valence-corrected chi connectivity index (χ0v) is 16.5. The molecule has 1 atom stereocenters. The molecule has 2 aliphatic rings. The summed E-state index contributed by atoms with van der Waals surface area (Å²) in [6.45, 7) is 1.36. The number of hydrogen-bond acceptors (Lipinski definition) is 6. The van der Waals surface area contributed by atoms with Gasteiger partial charge in [-0.25, -0.2) is 4.98 Å². The third-order valence-electron chi connectivity index (χ3n) is 5.19. The number of carbonyl (C=O) groups excluding carboxylic acids is 2. The van der Waals surface area contributed by atoms with Gasteiger partial charge in [-0.15, -0.1) is 0 Å². The third kappa shape index (κ3) is 4.66. The van der Waals surface area contributed by atoms with E-state index in [1.165, 1.54) is 12.1 Å². The number of alkyl halides is 3. The SMILES string of the molecule is O=C1NCCNCC(=O)N2CCC[C@H]2COc2cccc(c2)-c2nc(C(F)(F)F)oc21. The number of hydrogen-bond donors (Lipinski definition) is 2. The van der Waals surface area contributed by atoms with Gasteiger partial charge in [0.25, 0.3) is 5.91 Å². The Kier molecular flexibility index (Phi) is 5.86. The first-order valence-corrected chi connectivity index (χ1v) is 9.92. The fourth-order valence-corrected chi connectivity index (χ4v) is 3.70. The van der Waals surface area contributed by atoms with Gasteiger partial charge in [0, 0.05) is 25.2 Å². The van der Waals surface area contributed by atoms with Crippen LogP contribution in [0.4, 0.5) is 13.2 Å². The minimum atomic E-state index is -4.84. The smallest absolute Gasteiger partial charge is 0.468 e. The van der Waals surface area contributed by atoms with Gasteiger partial charge in [-0.05, 0) is 25.0 Å². The minimum Gasteiger partial charge on any atom is -0.491 e. The number of benzene rings is 1. The Labute approximate surface area is 175 Å². The molecule has 2 amide bonds. The van der Waals surface area contributed by atoms with Crippen molar-refractivity contribution in [2.24, 2.45) is 0 Å². The van der Waals surface area contributed by atoms with Crippen molar-refractivity contribution in [3.8, 4) is 17.0 Å². The first-order chi connectivity index (χ1) is 14.8. The number of halogens is 3. The van der Waals surface area contributed by atoms with Gasteiger partial charge < -0.3 is 24.7 Å². The number of amides is 2. The molecule has 2 N–H and O–H groups in total. The van der Waals surface area contributed by atoms with Gasteiger partial charge in [-0.1, -0.05) is 12.1 Å². The minimum absolute atomic E-state index is 0.0642. The molecule has 2 aromatic rings. The van der Waals surface area contributed by atoms with E-state index in [2.05, 4.69) is 15.6 Å². The second-order valence-corrected chi connectivity index (χ2v) is 7.35. The molecule has 0 unspecified atom stereocenters. The highest BCUT2D eigenvalue weighted by Crippen LogP contribution is 2.34. The number of ether oxygens (including phenoxy) is 1. The Morgan fingerprint density at radius 1 is 1.19 bits per heavy atom. The molecular weight excluding hydrogens is 417 g/mol. The van der Waals surface area contributed by atoms with Crippen LogP contribution in [-0.4, -0.2) is 60.5 Å². The highest BCUT2D eigenvalue weighted by atomic mass is 19.4. The number of aromatic nitrogens is 1. The van der Waals surface area contributed by atoms with E-state index < -0.39 is 23.7 Å². The summed E-state index contributed by atoms with van der Waals surface area (Å²) in [5, 5.41) is 5.43. The molecule has 1 aromatic carbocycles.